The minimum absolute atomic E-state index is 0.181. The quantitative estimate of drug-likeness (QED) is 0.847. The Hall–Kier alpha value is -2.60. The van der Waals surface area contributed by atoms with Gasteiger partial charge in [-0.05, 0) is 36.6 Å². The molecule has 0 aliphatic carbocycles. The Morgan fingerprint density at radius 1 is 1.07 bits per heavy atom. The van der Waals surface area contributed by atoms with Crippen molar-refractivity contribution in [2.24, 2.45) is 5.92 Å². The van der Waals surface area contributed by atoms with E-state index < -0.39 is 6.10 Å². The molecule has 0 spiro atoms. The molecule has 2 N–H and O–H groups in total. The number of piperazine rings is 1. The van der Waals surface area contributed by atoms with Crippen LogP contribution in [0, 0.1) is 5.92 Å². The minimum atomic E-state index is -0.918. The summed E-state index contributed by atoms with van der Waals surface area (Å²) in [4.78, 5) is 20.9. The van der Waals surface area contributed by atoms with Gasteiger partial charge in [-0.2, -0.15) is 0 Å². The third-order valence-corrected chi connectivity index (χ3v) is 4.81. The number of aromatic nitrogens is 1. The number of aromatic hydroxyl groups is 1. The second kappa shape index (κ2) is 8.39. The number of carbonyl (C=O) groups excluding carboxylic acids is 1. The number of rotatable bonds is 5. The Labute approximate surface area is 160 Å². The molecule has 2 aromatic rings. The summed E-state index contributed by atoms with van der Waals surface area (Å²) in [5, 5.41) is 20.1. The summed E-state index contributed by atoms with van der Waals surface area (Å²) in [5.74, 6) is 1.13. The summed E-state index contributed by atoms with van der Waals surface area (Å²) >= 11 is 0. The van der Waals surface area contributed by atoms with Gasteiger partial charge >= 0.3 is 0 Å². The van der Waals surface area contributed by atoms with E-state index in [2.05, 4.69) is 9.88 Å². The fraction of sp³-hybridized carbons (Fsp3) is 0.429. The van der Waals surface area contributed by atoms with Crippen LogP contribution in [0.1, 0.15) is 20.3 Å². The molecule has 0 radical (unpaired) electrons. The predicted octanol–water partition coefficient (Wildman–Crippen LogP) is 2.51. The van der Waals surface area contributed by atoms with Crippen molar-refractivity contribution in [3.8, 4) is 17.0 Å². The van der Waals surface area contributed by atoms with E-state index in [1.54, 1.807) is 17.0 Å². The number of phenolic OH excluding ortho intramolecular Hbond substituents is 1. The van der Waals surface area contributed by atoms with Gasteiger partial charge in [-0.25, -0.2) is 4.98 Å². The maximum Gasteiger partial charge on any atom is 0.251 e. The third-order valence-electron chi connectivity index (χ3n) is 4.81. The lowest BCUT2D eigenvalue weighted by molar-refractivity contribution is -0.141. The zero-order valence-corrected chi connectivity index (χ0v) is 15.9. The van der Waals surface area contributed by atoms with E-state index >= 15 is 0 Å². The van der Waals surface area contributed by atoms with Crippen molar-refractivity contribution < 1.29 is 15.0 Å². The van der Waals surface area contributed by atoms with Gasteiger partial charge in [0.05, 0.1) is 5.69 Å². The molecule has 1 atom stereocenters. The average Bonchev–Trinajstić information content (AvgIpc) is 2.67. The number of nitrogens with zero attached hydrogens (tertiary/aromatic N) is 3. The molecule has 144 valence electrons. The van der Waals surface area contributed by atoms with Gasteiger partial charge in [0.2, 0.25) is 0 Å². The molecule has 1 aliphatic heterocycles. The number of anilines is 1. The van der Waals surface area contributed by atoms with Crippen LogP contribution in [0.4, 0.5) is 5.82 Å². The van der Waals surface area contributed by atoms with E-state index in [-0.39, 0.29) is 17.6 Å². The topological polar surface area (TPSA) is 76.9 Å². The minimum Gasteiger partial charge on any atom is -0.507 e. The van der Waals surface area contributed by atoms with E-state index in [1.807, 2.05) is 44.2 Å². The SMILES string of the molecule is CC(C)CC(O)C(=O)N1CCN(c2cccc(-c3ccccc3O)n2)CC1. The number of hydrogen-bond donors (Lipinski definition) is 2. The van der Waals surface area contributed by atoms with E-state index in [1.165, 1.54) is 0 Å². The maximum absolute atomic E-state index is 12.4. The number of aliphatic hydroxyl groups excluding tert-OH is 1. The Kier molecular flexibility index (Phi) is 5.96. The van der Waals surface area contributed by atoms with Crippen LogP contribution in [0.3, 0.4) is 0 Å². The number of phenols is 1. The van der Waals surface area contributed by atoms with Gasteiger partial charge in [-0.1, -0.05) is 32.0 Å². The van der Waals surface area contributed by atoms with Crippen molar-refractivity contribution in [1.29, 1.82) is 0 Å². The van der Waals surface area contributed by atoms with Crippen molar-refractivity contribution in [2.45, 2.75) is 26.4 Å². The molecule has 0 bridgehead atoms. The number of benzene rings is 1. The molecule has 2 heterocycles. The second-order valence-electron chi connectivity index (χ2n) is 7.36. The number of aliphatic hydroxyl groups is 1. The lowest BCUT2D eigenvalue weighted by Gasteiger charge is -2.36. The van der Waals surface area contributed by atoms with Gasteiger partial charge < -0.3 is 20.0 Å². The van der Waals surface area contributed by atoms with E-state index in [4.69, 9.17) is 0 Å². The maximum atomic E-state index is 12.4. The average molecular weight is 369 g/mol. The highest BCUT2D eigenvalue weighted by Gasteiger charge is 2.27. The molecule has 1 amide bonds. The highest BCUT2D eigenvalue weighted by molar-refractivity contribution is 5.81. The number of pyridine rings is 1. The first-order valence-electron chi connectivity index (χ1n) is 9.43. The first kappa shape index (κ1) is 19.2. The molecular weight excluding hydrogens is 342 g/mol. The molecule has 1 unspecified atom stereocenters. The van der Waals surface area contributed by atoms with Crippen LogP contribution in [0.2, 0.25) is 0 Å². The van der Waals surface area contributed by atoms with Crippen molar-refractivity contribution in [3.63, 3.8) is 0 Å². The monoisotopic (exact) mass is 369 g/mol. The highest BCUT2D eigenvalue weighted by atomic mass is 16.3. The molecule has 6 nitrogen and oxygen atoms in total. The molecule has 0 saturated carbocycles. The van der Waals surface area contributed by atoms with Gasteiger partial charge in [0.1, 0.15) is 17.7 Å². The first-order chi connectivity index (χ1) is 13.0. The molecule has 3 rings (SSSR count). The van der Waals surface area contributed by atoms with E-state index in [0.29, 0.717) is 38.2 Å². The summed E-state index contributed by atoms with van der Waals surface area (Å²) in [6.07, 6.45) is -0.428. The Morgan fingerprint density at radius 3 is 2.44 bits per heavy atom. The van der Waals surface area contributed by atoms with Gasteiger partial charge in [0.15, 0.2) is 0 Å². The fourth-order valence-electron chi connectivity index (χ4n) is 3.35. The van der Waals surface area contributed by atoms with E-state index in [9.17, 15) is 15.0 Å². The number of amides is 1. The van der Waals surface area contributed by atoms with Gasteiger partial charge in [-0.3, -0.25) is 4.79 Å². The molecule has 27 heavy (non-hydrogen) atoms. The number of carbonyl (C=O) groups is 1. The third kappa shape index (κ3) is 4.57. The van der Waals surface area contributed by atoms with Crippen LogP contribution in [0.5, 0.6) is 5.75 Å². The largest absolute Gasteiger partial charge is 0.507 e. The molecule has 1 aromatic carbocycles. The highest BCUT2D eigenvalue weighted by Crippen LogP contribution is 2.28. The van der Waals surface area contributed by atoms with Gasteiger partial charge in [0.25, 0.3) is 5.91 Å². The van der Waals surface area contributed by atoms with E-state index in [0.717, 1.165) is 11.5 Å². The fourth-order valence-corrected chi connectivity index (χ4v) is 3.35. The normalized spacial score (nSPS) is 15.9. The summed E-state index contributed by atoms with van der Waals surface area (Å²) < 4.78 is 0. The summed E-state index contributed by atoms with van der Waals surface area (Å²) in [6.45, 7) is 6.46. The molecule has 1 aromatic heterocycles. The first-order valence-corrected chi connectivity index (χ1v) is 9.43. The summed E-state index contributed by atoms with van der Waals surface area (Å²) in [6, 6.07) is 12.9. The Balaban J connectivity index is 1.66. The van der Waals surface area contributed by atoms with Crippen molar-refractivity contribution in [2.75, 3.05) is 31.1 Å². The molecular formula is C21H27N3O3. The van der Waals surface area contributed by atoms with Crippen molar-refractivity contribution >= 4 is 11.7 Å². The molecule has 6 heteroatoms. The summed E-state index contributed by atoms with van der Waals surface area (Å²) in [5.41, 5.74) is 1.42. The number of hydrogen-bond acceptors (Lipinski definition) is 5. The Bertz CT molecular complexity index is 786. The van der Waals surface area contributed by atoms with Crippen LogP contribution >= 0.6 is 0 Å². The lowest BCUT2D eigenvalue weighted by atomic mass is 10.0. The van der Waals surface area contributed by atoms with Crippen LogP contribution in [-0.4, -0.2) is 58.3 Å². The van der Waals surface area contributed by atoms with Crippen LogP contribution in [0.15, 0.2) is 42.5 Å². The van der Waals surface area contributed by atoms with Gasteiger partial charge in [-0.15, -0.1) is 0 Å². The van der Waals surface area contributed by atoms with Crippen molar-refractivity contribution in [1.82, 2.24) is 9.88 Å². The molecule has 1 fully saturated rings. The van der Waals surface area contributed by atoms with Crippen molar-refractivity contribution in [3.05, 3.63) is 42.5 Å². The molecule has 1 aliphatic rings. The van der Waals surface area contributed by atoms with Gasteiger partial charge in [0, 0.05) is 31.7 Å². The summed E-state index contributed by atoms with van der Waals surface area (Å²) in [7, 11) is 0. The smallest absolute Gasteiger partial charge is 0.251 e. The van der Waals surface area contributed by atoms with Crippen LogP contribution in [0.25, 0.3) is 11.3 Å². The predicted molar refractivity (Wildman–Crippen MR) is 106 cm³/mol. The lowest BCUT2D eigenvalue weighted by Crippen LogP contribution is -2.51. The Morgan fingerprint density at radius 2 is 1.78 bits per heavy atom. The second-order valence-corrected chi connectivity index (χ2v) is 7.36. The number of para-hydroxylation sites is 1. The zero-order chi connectivity index (χ0) is 19.4. The molecule has 1 saturated heterocycles. The zero-order valence-electron chi connectivity index (χ0n) is 15.9. The van der Waals surface area contributed by atoms with Crippen LogP contribution < -0.4 is 4.90 Å². The standard InChI is InChI=1S/C21H27N3O3/c1-15(2)14-19(26)21(27)24-12-10-23(11-13-24)20-9-5-7-17(22-20)16-6-3-4-8-18(16)25/h3-9,15,19,25-26H,10-14H2,1-2H3. The van der Waals surface area contributed by atoms with Crippen LogP contribution in [-0.2, 0) is 4.79 Å².